The Bertz CT molecular complexity index is 472. The molecular formula is C17H26N2O. The molecule has 3 heteroatoms. The van der Waals surface area contributed by atoms with Gasteiger partial charge in [0.25, 0.3) is 0 Å². The average Bonchev–Trinajstić information content (AvgIpc) is 2.35. The summed E-state index contributed by atoms with van der Waals surface area (Å²) in [5.74, 6) is 0.845. The molecule has 1 atom stereocenters. The van der Waals surface area contributed by atoms with E-state index in [4.69, 9.17) is 10.00 Å². The zero-order valence-corrected chi connectivity index (χ0v) is 13.5. The highest BCUT2D eigenvalue weighted by molar-refractivity contribution is 5.43. The van der Waals surface area contributed by atoms with Crippen molar-refractivity contribution in [3.8, 4) is 11.8 Å². The molecule has 1 unspecified atom stereocenters. The van der Waals surface area contributed by atoms with Crippen LogP contribution in [0.5, 0.6) is 5.75 Å². The van der Waals surface area contributed by atoms with Crippen molar-refractivity contribution in [2.45, 2.75) is 66.2 Å². The van der Waals surface area contributed by atoms with Gasteiger partial charge in [0, 0.05) is 12.1 Å². The summed E-state index contributed by atoms with van der Waals surface area (Å²) < 4.78 is 5.79. The lowest BCUT2D eigenvalue weighted by molar-refractivity contribution is 0.248. The van der Waals surface area contributed by atoms with Gasteiger partial charge in [0.15, 0.2) is 6.10 Å². The van der Waals surface area contributed by atoms with Crippen LogP contribution in [0.15, 0.2) is 12.1 Å². The quantitative estimate of drug-likeness (QED) is 0.886. The van der Waals surface area contributed by atoms with Crippen LogP contribution in [0.1, 0.15) is 50.8 Å². The van der Waals surface area contributed by atoms with Crippen molar-refractivity contribution < 1.29 is 4.74 Å². The number of hydrogen-bond donors (Lipinski definition) is 1. The van der Waals surface area contributed by atoms with E-state index >= 15 is 0 Å². The molecule has 0 aliphatic heterocycles. The standard InChI is InChI=1S/C17H26N2O/c1-7-15(10-18)20-16-12(2)8-14(9-13(16)3)11-19-17(4,5)6/h8-9,15,19H,7,11H2,1-6H3. The van der Waals surface area contributed by atoms with Crippen LogP contribution in [-0.2, 0) is 6.54 Å². The van der Waals surface area contributed by atoms with E-state index < -0.39 is 0 Å². The molecule has 0 bridgehead atoms. The highest BCUT2D eigenvalue weighted by Gasteiger charge is 2.13. The van der Waals surface area contributed by atoms with Gasteiger partial charge in [0.1, 0.15) is 11.8 Å². The van der Waals surface area contributed by atoms with Gasteiger partial charge in [0.2, 0.25) is 0 Å². The van der Waals surface area contributed by atoms with E-state index in [0.717, 1.165) is 23.4 Å². The minimum absolute atomic E-state index is 0.102. The third-order valence-corrected chi connectivity index (χ3v) is 3.12. The molecule has 0 radical (unpaired) electrons. The molecule has 3 nitrogen and oxygen atoms in total. The van der Waals surface area contributed by atoms with Crippen molar-refractivity contribution >= 4 is 0 Å². The minimum atomic E-state index is -0.369. The topological polar surface area (TPSA) is 45.0 Å². The minimum Gasteiger partial charge on any atom is -0.475 e. The fourth-order valence-electron chi connectivity index (χ4n) is 2.04. The second kappa shape index (κ2) is 6.76. The molecule has 20 heavy (non-hydrogen) atoms. The molecule has 1 N–H and O–H groups in total. The van der Waals surface area contributed by atoms with E-state index in [-0.39, 0.29) is 11.6 Å². The first-order valence-electron chi connectivity index (χ1n) is 7.18. The molecule has 0 spiro atoms. The van der Waals surface area contributed by atoms with Gasteiger partial charge in [-0.2, -0.15) is 5.26 Å². The van der Waals surface area contributed by atoms with Gasteiger partial charge in [-0.1, -0.05) is 19.1 Å². The maximum atomic E-state index is 9.01. The Kier molecular flexibility index (Phi) is 5.59. The first kappa shape index (κ1) is 16.5. The molecule has 0 saturated heterocycles. The summed E-state index contributed by atoms with van der Waals surface area (Å²) in [6.45, 7) is 13.3. The van der Waals surface area contributed by atoms with Crippen LogP contribution < -0.4 is 10.1 Å². The van der Waals surface area contributed by atoms with Crippen LogP contribution in [0.3, 0.4) is 0 Å². The van der Waals surface area contributed by atoms with Crippen molar-refractivity contribution in [3.05, 3.63) is 28.8 Å². The van der Waals surface area contributed by atoms with E-state index in [1.54, 1.807) is 0 Å². The Morgan fingerprint density at radius 2 is 1.80 bits per heavy atom. The fourth-order valence-corrected chi connectivity index (χ4v) is 2.04. The van der Waals surface area contributed by atoms with Crippen molar-refractivity contribution in [1.82, 2.24) is 5.32 Å². The van der Waals surface area contributed by atoms with Gasteiger partial charge in [-0.05, 0) is 57.7 Å². The van der Waals surface area contributed by atoms with Crippen LogP contribution in [0, 0.1) is 25.2 Å². The zero-order valence-electron chi connectivity index (χ0n) is 13.5. The molecule has 0 heterocycles. The normalized spacial score (nSPS) is 12.8. The summed E-state index contributed by atoms with van der Waals surface area (Å²) >= 11 is 0. The van der Waals surface area contributed by atoms with Gasteiger partial charge in [-0.3, -0.25) is 0 Å². The van der Waals surface area contributed by atoms with Crippen molar-refractivity contribution in [2.24, 2.45) is 0 Å². The lowest BCUT2D eigenvalue weighted by atomic mass is 10.0. The van der Waals surface area contributed by atoms with Crippen molar-refractivity contribution in [3.63, 3.8) is 0 Å². The summed E-state index contributed by atoms with van der Waals surface area (Å²) in [5.41, 5.74) is 3.52. The Morgan fingerprint density at radius 1 is 1.25 bits per heavy atom. The largest absolute Gasteiger partial charge is 0.475 e. The lowest BCUT2D eigenvalue weighted by Gasteiger charge is -2.22. The summed E-state index contributed by atoms with van der Waals surface area (Å²) in [4.78, 5) is 0. The molecule has 1 aromatic carbocycles. The molecule has 110 valence electrons. The second-order valence-electron chi connectivity index (χ2n) is 6.31. The fraction of sp³-hybridized carbons (Fsp3) is 0.588. The van der Waals surface area contributed by atoms with E-state index in [1.165, 1.54) is 5.56 Å². The number of rotatable bonds is 5. The van der Waals surface area contributed by atoms with E-state index in [0.29, 0.717) is 6.42 Å². The van der Waals surface area contributed by atoms with Crippen LogP contribution in [0.25, 0.3) is 0 Å². The number of hydrogen-bond acceptors (Lipinski definition) is 3. The molecule has 0 aliphatic rings. The first-order valence-corrected chi connectivity index (χ1v) is 7.18. The monoisotopic (exact) mass is 274 g/mol. The molecule has 0 aliphatic carbocycles. The van der Waals surface area contributed by atoms with Gasteiger partial charge < -0.3 is 10.1 Å². The van der Waals surface area contributed by atoms with Gasteiger partial charge >= 0.3 is 0 Å². The summed E-state index contributed by atoms with van der Waals surface area (Å²) in [6, 6.07) is 6.44. The molecular weight excluding hydrogens is 248 g/mol. The smallest absolute Gasteiger partial charge is 0.184 e. The third-order valence-electron chi connectivity index (χ3n) is 3.12. The number of benzene rings is 1. The predicted molar refractivity (Wildman–Crippen MR) is 82.8 cm³/mol. The van der Waals surface area contributed by atoms with E-state index in [2.05, 4.69) is 44.3 Å². The predicted octanol–water partition coefficient (Wildman–Crippen LogP) is 3.87. The molecule has 0 saturated carbocycles. The highest BCUT2D eigenvalue weighted by Crippen LogP contribution is 2.26. The molecule has 0 aromatic heterocycles. The van der Waals surface area contributed by atoms with E-state index in [1.807, 2.05) is 20.8 Å². The van der Waals surface area contributed by atoms with Crippen LogP contribution in [-0.4, -0.2) is 11.6 Å². The van der Waals surface area contributed by atoms with Crippen LogP contribution in [0.4, 0.5) is 0 Å². The molecule has 1 aromatic rings. The number of nitrogens with one attached hydrogen (secondary N) is 1. The maximum absolute atomic E-state index is 9.01. The SMILES string of the molecule is CCC(C#N)Oc1c(C)cc(CNC(C)(C)C)cc1C. The zero-order chi connectivity index (χ0) is 15.3. The highest BCUT2D eigenvalue weighted by atomic mass is 16.5. The van der Waals surface area contributed by atoms with Gasteiger partial charge in [0.05, 0.1) is 0 Å². The van der Waals surface area contributed by atoms with E-state index in [9.17, 15) is 0 Å². The Hall–Kier alpha value is -1.53. The lowest BCUT2D eigenvalue weighted by Crippen LogP contribution is -2.35. The molecule has 0 amide bonds. The van der Waals surface area contributed by atoms with Crippen LogP contribution >= 0.6 is 0 Å². The van der Waals surface area contributed by atoms with Gasteiger partial charge in [-0.15, -0.1) is 0 Å². The number of nitrogens with zero attached hydrogens (tertiary/aromatic N) is 1. The maximum Gasteiger partial charge on any atom is 0.184 e. The number of aryl methyl sites for hydroxylation is 2. The Balaban J connectivity index is 2.89. The third kappa shape index (κ3) is 4.86. The van der Waals surface area contributed by atoms with Crippen molar-refractivity contribution in [2.75, 3.05) is 0 Å². The van der Waals surface area contributed by atoms with Crippen molar-refractivity contribution in [1.29, 1.82) is 5.26 Å². The summed E-state index contributed by atoms with van der Waals surface area (Å²) in [5, 5.41) is 12.5. The molecule has 1 rings (SSSR count). The Labute approximate surface area is 123 Å². The van der Waals surface area contributed by atoms with Gasteiger partial charge in [-0.25, -0.2) is 0 Å². The summed E-state index contributed by atoms with van der Waals surface area (Å²) in [7, 11) is 0. The molecule has 0 fully saturated rings. The number of ether oxygens (including phenoxy) is 1. The number of nitriles is 1. The second-order valence-corrected chi connectivity index (χ2v) is 6.31. The summed E-state index contributed by atoms with van der Waals surface area (Å²) in [6.07, 6.45) is 0.328. The Morgan fingerprint density at radius 3 is 2.20 bits per heavy atom. The first-order chi connectivity index (χ1) is 9.26. The average molecular weight is 274 g/mol. The van der Waals surface area contributed by atoms with Crippen LogP contribution in [0.2, 0.25) is 0 Å².